The summed E-state index contributed by atoms with van der Waals surface area (Å²) in [7, 11) is 0. The van der Waals surface area contributed by atoms with Crippen LogP contribution < -0.4 is 0 Å². The van der Waals surface area contributed by atoms with Gasteiger partial charge < -0.3 is 12.8 Å². The van der Waals surface area contributed by atoms with Crippen LogP contribution in [0, 0.1) is 24.7 Å². The standard InChI is InChI=1S/2C8H5.Cd/c2*1-2-8-6-4-3-5-7-8;/h2*3-7H;/q2*-1;+2. The molecule has 0 saturated heterocycles. The molecule has 0 saturated carbocycles. The molecule has 0 fully saturated rings. The van der Waals surface area contributed by atoms with Crippen molar-refractivity contribution in [2.24, 2.45) is 0 Å². The summed E-state index contributed by atoms with van der Waals surface area (Å²) in [6, 6.07) is 18.7. The Hall–Kier alpha value is -1.52. The zero-order chi connectivity index (χ0) is 11.6. The Morgan fingerprint density at radius 3 is 1.06 bits per heavy atom. The van der Waals surface area contributed by atoms with Crippen molar-refractivity contribution in [1.29, 1.82) is 0 Å². The van der Waals surface area contributed by atoms with Gasteiger partial charge in [0.05, 0.1) is 0 Å². The van der Waals surface area contributed by atoms with Gasteiger partial charge in [-0.25, -0.2) is 0 Å². The van der Waals surface area contributed by atoms with E-state index >= 15 is 0 Å². The maximum atomic E-state index is 6.69. The predicted molar refractivity (Wildman–Crippen MR) is 65.4 cm³/mol. The minimum atomic E-state index is 0. The summed E-state index contributed by atoms with van der Waals surface area (Å²) < 4.78 is 0. The van der Waals surface area contributed by atoms with Crippen LogP contribution in [0.25, 0.3) is 0 Å². The molecular weight excluding hydrogens is 305 g/mol. The smallest absolute Gasteiger partial charge is 0.366 e. The van der Waals surface area contributed by atoms with Gasteiger partial charge in [0.25, 0.3) is 0 Å². The van der Waals surface area contributed by atoms with Crippen LogP contribution in [0.3, 0.4) is 0 Å². The van der Waals surface area contributed by atoms with Crippen molar-refractivity contribution in [3.8, 4) is 11.8 Å². The summed E-state index contributed by atoms with van der Waals surface area (Å²) in [5.74, 6) is 4.55. The molecule has 0 atom stereocenters. The molecule has 0 amide bonds. The fourth-order valence-electron chi connectivity index (χ4n) is 1.04. The molecule has 0 unspecified atom stereocenters. The maximum absolute atomic E-state index is 6.69. The second-order valence-electron chi connectivity index (χ2n) is 2.98. The first-order valence-electron chi connectivity index (χ1n) is 4.82. The quantitative estimate of drug-likeness (QED) is 0.398. The molecule has 0 bridgehead atoms. The SMILES string of the molecule is [C-]#Cc1ccccc1.[C-]#Cc1ccccc1.[Cd+2]. The molecule has 0 radical (unpaired) electrons. The normalized spacial score (nSPS) is 7.41. The molecule has 1 heteroatoms. The van der Waals surface area contributed by atoms with E-state index in [4.69, 9.17) is 12.8 Å². The average molecular weight is 315 g/mol. The molecule has 0 aliphatic rings. The number of benzene rings is 2. The first-order chi connectivity index (χ1) is 7.86. The fraction of sp³-hybridized carbons (Fsp3) is 0. The average Bonchev–Trinajstić information content (AvgIpc) is 2.41. The van der Waals surface area contributed by atoms with Crippen molar-refractivity contribution >= 4 is 0 Å². The number of hydrogen-bond donors (Lipinski definition) is 0. The van der Waals surface area contributed by atoms with Crippen LogP contribution in [0.4, 0.5) is 0 Å². The summed E-state index contributed by atoms with van der Waals surface area (Å²) in [6.45, 7) is 0. The van der Waals surface area contributed by atoms with E-state index in [2.05, 4.69) is 11.8 Å². The molecule has 0 aliphatic carbocycles. The molecule has 0 aliphatic heterocycles. The van der Waals surface area contributed by atoms with Crippen LogP contribution in [0.5, 0.6) is 0 Å². The molecule has 76 valence electrons. The Bertz CT molecular complexity index is 437. The van der Waals surface area contributed by atoms with E-state index in [9.17, 15) is 0 Å². The Morgan fingerprint density at radius 1 is 0.588 bits per heavy atom. The third kappa shape index (κ3) is 6.61. The second-order valence-corrected chi connectivity index (χ2v) is 2.98. The van der Waals surface area contributed by atoms with Crippen molar-refractivity contribution < 1.29 is 27.3 Å². The topological polar surface area (TPSA) is 0 Å². The van der Waals surface area contributed by atoms with E-state index in [1.165, 1.54) is 0 Å². The Kier molecular flexibility index (Phi) is 8.82. The third-order valence-corrected chi connectivity index (χ3v) is 1.84. The van der Waals surface area contributed by atoms with Gasteiger partial charge in [-0.3, -0.25) is 11.8 Å². The van der Waals surface area contributed by atoms with Gasteiger partial charge in [-0.05, 0) is 0 Å². The third-order valence-electron chi connectivity index (χ3n) is 1.84. The van der Waals surface area contributed by atoms with Crippen LogP contribution >= 0.6 is 0 Å². The molecule has 0 spiro atoms. The van der Waals surface area contributed by atoms with E-state index in [1.807, 2.05) is 60.7 Å². The zero-order valence-electron chi connectivity index (χ0n) is 9.48. The minimum Gasteiger partial charge on any atom is -0.366 e. The Morgan fingerprint density at radius 2 is 0.882 bits per heavy atom. The summed E-state index contributed by atoms with van der Waals surface area (Å²) in [5.41, 5.74) is 1.65. The molecule has 0 aromatic heterocycles. The summed E-state index contributed by atoms with van der Waals surface area (Å²) in [4.78, 5) is 0. The summed E-state index contributed by atoms with van der Waals surface area (Å²) in [6.07, 6.45) is 13.4. The van der Waals surface area contributed by atoms with Crippen LogP contribution in [0.15, 0.2) is 60.7 Å². The largest absolute Gasteiger partial charge is 2.00 e. The zero-order valence-corrected chi connectivity index (χ0v) is 13.5. The van der Waals surface area contributed by atoms with Gasteiger partial charge in [0.2, 0.25) is 0 Å². The minimum absolute atomic E-state index is 0. The summed E-state index contributed by atoms with van der Waals surface area (Å²) >= 11 is 0. The Labute approximate surface area is 123 Å². The van der Waals surface area contributed by atoms with E-state index in [0.29, 0.717) is 0 Å². The first-order valence-corrected chi connectivity index (χ1v) is 4.82. The monoisotopic (exact) mass is 316 g/mol. The van der Waals surface area contributed by atoms with Crippen molar-refractivity contribution in [2.45, 2.75) is 0 Å². The van der Waals surface area contributed by atoms with Crippen LogP contribution in [0.1, 0.15) is 11.1 Å². The van der Waals surface area contributed by atoms with Gasteiger partial charge in [0.1, 0.15) is 0 Å². The van der Waals surface area contributed by atoms with Crippen molar-refractivity contribution in [3.63, 3.8) is 0 Å². The van der Waals surface area contributed by atoms with Crippen LogP contribution in [-0.4, -0.2) is 0 Å². The molecule has 0 nitrogen and oxygen atoms in total. The molecule has 0 heterocycles. The van der Waals surface area contributed by atoms with E-state index < -0.39 is 0 Å². The first kappa shape index (κ1) is 15.5. The fourth-order valence-corrected chi connectivity index (χ4v) is 1.04. The van der Waals surface area contributed by atoms with E-state index in [1.54, 1.807) is 0 Å². The molecule has 2 rings (SSSR count). The second kappa shape index (κ2) is 9.69. The molecule has 0 N–H and O–H groups in total. The number of rotatable bonds is 0. The van der Waals surface area contributed by atoms with Crippen LogP contribution in [-0.2, 0) is 27.3 Å². The van der Waals surface area contributed by atoms with E-state index in [0.717, 1.165) is 11.1 Å². The van der Waals surface area contributed by atoms with Crippen molar-refractivity contribution in [1.82, 2.24) is 0 Å². The molecular formula is C16H10Cd. The summed E-state index contributed by atoms with van der Waals surface area (Å²) in [5, 5.41) is 0. The Balaban J connectivity index is 0.000000284. The molecule has 2 aromatic carbocycles. The van der Waals surface area contributed by atoms with Crippen LogP contribution in [0.2, 0.25) is 0 Å². The maximum Gasteiger partial charge on any atom is 2.00 e. The number of hydrogen-bond acceptors (Lipinski definition) is 0. The van der Waals surface area contributed by atoms with Gasteiger partial charge in [0.15, 0.2) is 0 Å². The van der Waals surface area contributed by atoms with E-state index in [-0.39, 0.29) is 27.3 Å². The van der Waals surface area contributed by atoms with Gasteiger partial charge in [0, 0.05) is 0 Å². The van der Waals surface area contributed by atoms with Crippen molar-refractivity contribution in [3.05, 3.63) is 84.6 Å². The van der Waals surface area contributed by atoms with Gasteiger partial charge >= 0.3 is 27.3 Å². The predicted octanol–water partition coefficient (Wildman–Crippen LogP) is 3.25. The van der Waals surface area contributed by atoms with Crippen molar-refractivity contribution in [2.75, 3.05) is 0 Å². The van der Waals surface area contributed by atoms with Gasteiger partial charge in [-0.1, -0.05) is 36.4 Å². The van der Waals surface area contributed by atoms with Gasteiger partial charge in [-0.2, -0.15) is 0 Å². The van der Waals surface area contributed by atoms with Gasteiger partial charge in [-0.15, -0.1) is 35.4 Å². The molecule has 2 aromatic rings. The molecule has 17 heavy (non-hydrogen) atoms.